The molecule has 2 fully saturated rings. The lowest BCUT2D eigenvalue weighted by molar-refractivity contribution is -0.139. The highest BCUT2D eigenvalue weighted by Crippen LogP contribution is 2.47. The zero-order valence-corrected chi connectivity index (χ0v) is 31.4. The van der Waals surface area contributed by atoms with Gasteiger partial charge in [0.2, 0.25) is 5.91 Å². The van der Waals surface area contributed by atoms with Crippen LogP contribution in [0.3, 0.4) is 0 Å². The Kier molecular flexibility index (Phi) is 12.2. The number of benzene rings is 2. The summed E-state index contributed by atoms with van der Waals surface area (Å²) in [7, 11) is 3.45. The Balaban J connectivity index is 1.47. The molecule has 0 saturated heterocycles. The molecule has 0 spiro atoms. The first kappa shape index (κ1) is 39.5. The topological polar surface area (TPSA) is 101 Å². The SMILES string of the molecule is Cc1cc(C2CCCC2)cc2c1-c1cc(C3CC3)c(F)c(c1)[C@H](CC(=O)O)NC(=O)[C@@H](n1cc(CCN(C)C)c(C(F)(F)F)cc1=O)CCCCCCO2. The quantitative estimate of drug-likeness (QED) is 0.223. The number of carboxylic acids is 1. The van der Waals surface area contributed by atoms with E-state index in [0.29, 0.717) is 54.7 Å². The normalized spacial score (nSPS) is 20.4. The average molecular weight is 754 g/mol. The van der Waals surface area contributed by atoms with Crippen LogP contribution >= 0.6 is 0 Å². The molecule has 2 aromatic carbocycles. The molecule has 6 rings (SSSR count). The molecule has 3 aliphatic rings. The van der Waals surface area contributed by atoms with E-state index in [0.717, 1.165) is 54.0 Å². The molecule has 2 saturated carbocycles. The molecule has 2 N–H and O–H groups in total. The smallest absolute Gasteiger partial charge is 0.416 e. The zero-order valence-electron chi connectivity index (χ0n) is 31.4. The van der Waals surface area contributed by atoms with Crippen molar-refractivity contribution >= 4 is 11.9 Å². The number of aromatic nitrogens is 1. The number of nitrogens with one attached hydrogen (secondary N) is 1. The molecule has 2 bridgehead atoms. The van der Waals surface area contributed by atoms with Crippen molar-refractivity contribution in [1.82, 2.24) is 14.8 Å². The molecule has 0 unspecified atom stereocenters. The second kappa shape index (κ2) is 16.7. The number of hydrogen-bond donors (Lipinski definition) is 2. The fourth-order valence-electron chi connectivity index (χ4n) is 8.22. The Hall–Kier alpha value is -4.19. The van der Waals surface area contributed by atoms with Gasteiger partial charge in [-0.3, -0.25) is 14.4 Å². The third kappa shape index (κ3) is 9.18. The largest absolute Gasteiger partial charge is 0.493 e. The van der Waals surface area contributed by atoms with Gasteiger partial charge in [0, 0.05) is 29.9 Å². The summed E-state index contributed by atoms with van der Waals surface area (Å²) >= 11 is 0. The molecular formula is C42H51F4N3O5. The van der Waals surface area contributed by atoms with Crippen molar-refractivity contribution in [2.45, 2.75) is 120 Å². The number of fused-ring (bicyclic) bond motifs is 4. The van der Waals surface area contributed by atoms with Gasteiger partial charge in [-0.25, -0.2) is 4.39 Å². The molecule has 292 valence electrons. The van der Waals surface area contributed by atoms with E-state index in [1.54, 1.807) is 25.1 Å². The van der Waals surface area contributed by atoms with E-state index in [1.165, 1.54) is 18.4 Å². The standard InChI is InChI=1S/C42H51F4N3O5/c1-25-18-29(26-10-7-8-11-26)21-36-39(25)30-19-31(27-13-14-27)40(43)32(20-30)34(23-38(51)52)47-41(53)35(12-6-4-5-9-17-54-36)49-24-28(15-16-48(2)3)33(22-37(49)50)42(44,45)46/h18-22,24,26-27,34-35H,4-17,23H2,1-3H3,(H,47,53)(H,51,52)/t34-,35-/m0/s1. The van der Waals surface area contributed by atoms with Crippen molar-refractivity contribution in [2.24, 2.45) is 0 Å². The number of ether oxygens (including phenoxy) is 1. The summed E-state index contributed by atoms with van der Waals surface area (Å²) in [5, 5.41) is 12.8. The van der Waals surface area contributed by atoms with Gasteiger partial charge < -0.3 is 24.6 Å². The summed E-state index contributed by atoms with van der Waals surface area (Å²) in [4.78, 5) is 41.8. The molecule has 8 nitrogen and oxygen atoms in total. The fraction of sp³-hybridized carbons (Fsp3) is 0.548. The maximum atomic E-state index is 16.6. The van der Waals surface area contributed by atoms with Crippen LogP contribution in [0.4, 0.5) is 17.6 Å². The summed E-state index contributed by atoms with van der Waals surface area (Å²) in [6.07, 6.45) is 4.44. The summed E-state index contributed by atoms with van der Waals surface area (Å²) < 4.78 is 66.5. The Morgan fingerprint density at radius 3 is 2.28 bits per heavy atom. The second-order valence-electron chi connectivity index (χ2n) is 15.7. The molecule has 1 aromatic heterocycles. The molecule has 1 aliphatic heterocycles. The van der Waals surface area contributed by atoms with Gasteiger partial charge >= 0.3 is 12.1 Å². The summed E-state index contributed by atoms with van der Waals surface area (Å²) in [6.45, 7) is 2.70. The highest BCUT2D eigenvalue weighted by molar-refractivity contribution is 5.82. The van der Waals surface area contributed by atoms with E-state index in [2.05, 4.69) is 17.4 Å². The molecule has 2 atom stereocenters. The lowest BCUT2D eigenvalue weighted by Crippen LogP contribution is -2.40. The highest BCUT2D eigenvalue weighted by Gasteiger charge is 2.37. The lowest BCUT2D eigenvalue weighted by Gasteiger charge is -2.27. The van der Waals surface area contributed by atoms with Gasteiger partial charge in [0.25, 0.3) is 5.56 Å². The van der Waals surface area contributed by atoms with E-state index in [1.807, 2.05) is 13.0 Å². The molecule has 0 radical (unpaired) electrons. The zero-order chi connectivity index (χ0) is 38.7. The van der Waals surface area contributed by atoms with Gasteiger partial charge in [-0.15, -0.1) is 0 Å². The number of carbonyl (C=O) groups is 2. The Morgan fingerprint density at radius 2 is 1.61 bits per heavy atom. The maximum absolute atomic E-state index is 16.6. The maximum Gasteiger partial charge on any atom is 0.416 e. The van der Waals surface area contributed by atoms with Crippen molar-refractivity contribution in [3.05, 3.63) is 86.1 Å². The molecule has 2 heterocycles. The lowest BCUT2D eigenvalue weighted by atomic mass is 9.88. The van der Waals surface area contributed by atoms with Gasteiger partial charge in [-0.05, 0) is 124 Å². The van der Waals surface area contributed by atoms with Crippen molar-refractivity contribution in [2.75, 3.05) is 27.2 Å². The molecule has 3 aromatic rings. The van der Waals surface area contributed by atoms with Crippen LogP contribution < -0.4 is 15.6 Å². The van der Waals surface area contributed by atoms with Crippen LogP contribution in [0.15, 0.2) is 41.3 Å². The number of hydrogen-bond acceptors (Lipinski definition) is 5. The first-order valence-corrected chi connectivity index (χ1v) is 19.3. The predicted octanol–water partition coefficient (Wildman–Crippen LogP) is 8.84. The third-order valence-corrected chi connectivity index (χ3v) is 11.2. The fourth-order valence-corrected chi connectivity index (χ4v) is 8.22. The molecule has 1 amide bonds. The van der Waals surface area contributed by atoms with Gasteiger partial charge in [-0.2, -0.15) is 13.2 Å². The van der Waals surface area contributed by atoms with E-state index in [9.17, 15) is 32.7 Å². The third-order valence-electron chi connectivity index (χ3n) is 11.2. The Morgan fingerprint density at radius 1 is 0.926 bits per heavy atom. The van der Waals surface area contributed by atoms with E-state index < -0.39 is 53.5 Å². The Bertz CT molecular complexity index is 1910. The molecule has 54 heavy (non-hydrogen) atoms. The number of aryl methyl sites for hydroxylation is 1. The van der Waals surface area contributed by atoms with Crippen LogP contribution in [-0.4, -0.2) is 53.7 Å². The van der Waals surface area contributed by atoms with Gasteiger partial charge in [-0.1, -0.05) is 38.2 Å². The number of alkyl halides is 3. The predicted molar refractivity (Wildman–Crippen MR) is 198 cm³/mol. The van der Waals surface area contributed by atoms with Crippen LogP contribution in [0.1, 0.15) is 134 Å². The van der Waals surface area contributed by atoms with E-state index >= 15 is 4.39 Å². The molecule has 2 aliphatic carbocycles. The molecular weight excluding hydrogens is 702 g/mol. The van der Waals surface area contributed by atoms with Gasteiger partial charge in [0.15, 0.2) is 0 Å². The first-order valence-electron chi connectivity index (χ1n) is 19.3. The number of rotatable bonds is 8. The van der Waals surface area contributed by atoms with Crippen molar-refractivity contribution in [3.63, 3.8) is 0 Å². The van der Waals surface area contributed by atoms with Gasteiger partial charge in [0.1, 0.15) is 17.6 Å². The Labute approximate surface area is 313 Å². The van der Waals surface area contributed by atoms with E-state index in [-0.39, 0.29) is 36.4 Å². The number of carboxylic acid groups (broad SMARTS) is 1. The van der Waals surface area contributed by atoms with Crippen LogP contribution in [0.25, 0.3) is 11.1 Å². The summed E-state index contributed by atoms with van der Waals surface area (Å²) in [5.74, 6) is -1.54. The van der Waals surface area contributed by atoms with Crippen LogP contribution in [-0.2, 0) is 22.2 Å². The summed E-state index contributed by atoms with van der Waals surface area (Å²) in [6, 6.07) is 5.65. The van der Waals surface area contributed by atoms with Crippen LogP contribution in [0, 0.1) is 12.7 Å². The number of nitrogens with zero attached hydrogens (tertiary/aromatic N) is 2. The van der Waals surface area contributed by atoms with Crippen molar-refractivity contribution < 1.29 is 37.0 Å². The first-order chi connectivity index (χ1) is 25.7. The minimum absolute atomic E-state index is 0.00709. The minimum atomic E-state index is -4.78. The van der Waals surface area contributed by atoms with Crippen LogP contribution in [0.5, 0.6) is 5.75 Å². The number of aliphatic carboxylic acids is 1. The van der Waals surface area contributed by atoms with E-state index in [4.69, 9.17) is 4.74 Å². The number of halogens is 4. The van der Waals surface area contributed by atoms with Gasteiger partial charge in [0.05, 0.1) is 24.6 Å². The number of pyridine rings is 1. The molecule has 12 heteroatoms. The minimum Gasteiger partial charge on any atom is -0.493 e. The second-order valence-corrected chi connectivity index (χ2v) is 15.7. The highest BCUT2D eigenvalue weighted by atomic mass is 19.4. The number of carbonyl (C=O) groups excluding carboxylic acids is 1. The van der Waals surface area contributed by atoms with Crippen molar-refractivity contribution in [1.29, 1.82) is 0 Å². The monoisotopic (exact) mass is 753 g/mol. The number of likely N-dealkylation sites (N-methyl/N-ethyl adjacent to an activating group) is 1. The van der Waals surface area contributed by atoms with Crippen LogP contribution in [0.2, 0.25) is 0 Å². The summed E-state index contributed by atoms with van der Waals surface area (Å²) in [5.41, 5.74) is 1.90. The average Bonchev–Trinajstić information content (AvgIpc) is 3.79. The number of amides is 1. The van der Waals surface area contributed by atoms with Crippen molar-refractivity contribution in [3.8, 4) is 16.9 Å².